The standard InChI is InChI=1S/C29H35ClN4O3SSi/c1-39(2,3)15-14-37-20-22-18-31-29-27(28(22)33-38(35,36)25-11-7-9-23(30)17-25)26(19-32-29)21-8-6-10-24(16-21)34-12-4-5-13-34/h6-11,16-19H,4-5,12-15,20H2,1-3H3,(H2,31,32,33). The van der Waals surface area contributed by atoms with Gasteiger partial charge in [0.1, 0.15) is 5.65 Å². The number of rotatable bonds is 10. The number of pyridine rings is 1. The van der Waals surface area contributed by atoms with E-state index in [1.54, 1.807) is 18.3 Å². The highest BCUT2D eigenvalue weighted by atomic mass is 35.5. The van der Waals surface area contributed by atoms with Crippen LogP contribution in [-0.4, -0.2) is 46.2 Å². The molecule has 39 heavy (non-hydrogen) atoms. The molecule has 1 saturated heterocycles. The van der Waals surface area contributed by atoms with Crippen LogP contribution in [0, 0.1) is 0 Å². The van der Waals surface area contributed by atoms with Crippen molar-refractivity contribution in [3.05, 3.63) is 71.5 Å². The number of ether oxygens (including phenoxy) is 1. The number of benzene rings is 2. The van der Waals surface area contributed by atoms with Crippen LogP contribution >= 0.6 is 11.6 Å². The lowest BCUT2D eigenvalue weighted by Crippen LogP contribution is -2.21. The van der Waals surface area contributed by atoms with E-state index in [0.717, 1.165) is 30.3 Å². The van der Waals surface area contributed by atoms with Crippen molar-refractivity contribution in [3.8, 4) is 11.1 Å². The Morgan fingerprint density at radius 3 is 2.62 bits per heavy atom. The van der Waals surface area contributed by atoms with Crippen molar-refractivity contribution in [2.24, 2.45) is 0 Å². The average molecular weight is 583 g/mol. The largest absolute Gasteiger partial charge is 0.377 e. The lowest BCUT2D eigenvalue weighted by atomic mass is 10.0. The highest BCUT2D eigenvalue weighted by molar-refractivity contribution is 7.92. The normalized spacial score (nSPS) is 14.3. The predicted octanol–water partition coefficient (Wildman–Crippen LogP) is 7.14. The number of nitrogens with one attached hydrogen (secondary N) is 2. The van der Waals surface area contributed by atoms with E-state index >= 15 is 0 Å². The van der Waals surface area contributed by atoms with Crippen LogP contribution in [-0.2, 0) is 21.4 Å². The molecule has 4 aromatic rings. The van der Waals surface area contributed by atoms with Gasteiger partial charge in [0.05, 0.1) is 22.6 Å². The maximum atomic E-state index is 13.6. The fraction of sp³-hybridized carbons (Fsp3) is 0.345. The molecule has 0 atom stereocenters. The number of nitrogens with zero attached hydrogens (tertiary/aromatic N) is 2. The summed E-state index contributed by atoms with van der Waals surface area (Å²) in [7, 11) is -5.21. The molecule has 0 radical (unpaired) electrons. The highest BCUT2D eigenvalue weighted by Crippen LogP contribution is 2.38. The number of sulfonamides is 1. The van der Waals surface area contributed by atoms with E-state index in [4.69, 9.17) is 16.3 Å². The second kappa shape index (κ2) is 11.3. The third-order valence-electron chi connectivity index (χ3n) is 7.01. The van der Waals surface area contributed by atoms with Crippen LogP contribution in [0.15, 0.2) is 65.8 Å². The van der Waals surface area contributed by atoms with E-state index in [0.29, 0.717) is 33.9 Å². The number of hydrogen-bond donors (Lipinski definition) is 2. The molecular weight excluding hydrogens is 548 g/mol. The molecular formula is C29H35ClN4O3SSi. The van der Waals surface area contributed by atoms with Crippen molar-refractivity contribution in [2.45, 2.75) is 50.0 Å². The molecule has 0 unspecified atom stereocenters. The van der Waals surface area contributed by atoms with Crippen LogP contribution in [0.4, 0.5) is 11.4 Å². The first kappa shape index (κ1) is 27.7. The van der Waals surface area contributed by atoms with Crippen LogP contribution in [0.3, 0.4) is 0 Å². The van der Waals surface area contributed by atoms with E-state index in [-0.39, 0.29) is 11.5 Å². The highest BCUT2D eigenvalue weighted by Gasteiger charge is 2.23. The molecule has 7 nitrogen and oxygen atoms in total. The van der Waals surface area contributed by atoms with Gasteiger partial charge in [0.25, 0.3) is 10.0 Å². The van der Waals surface area contributed by atoms with Crippen molar-refractivity contribution in [1.82, 2.24) is 9.97 Å². The third-order valence-corrected chi connectivity index (χ3v) is 10.3. The molecule has 2 aromatic heterocycles. The minimum atomic E-state index is -3.93. The number of aromatic nitrogens is 2. The number of anilines is 2. The summed E-state index contributed by atoms with van der Waals surface area (Å²) in [5, 5.41) is 1.07. The van der Waals surface area contributed by atoms with E-state index in [1.165, 1.54) is 30.7 Å². The quantitative estimate of drug-likeness (QED) is 0.153. The lowest BCUT2D eigenvalue weighted by Gasteiger charge is -2.19. The minimum Gasteiger partial charge on any atom is -0.377 e. The Labute approximate surface area is 236 Å². The van der Waals surface area contributed by atoms with Gasteiger partial charge in [0, 0.05) is 62.0 Å². The van der Waals surface area contributed by atoms with E-state index in [9.17, 15) is 8.42 Å². The molecule has 0 amide bonds. The summed E-state index contributed by atoms with van der Waals surface area (Å²) >= 11 is 6.13. The fourth-order valence-corrected chi connectivity index (χ4v) is 6.99. The van der Waals surface area contributed by atoms with Gasteiger partial charge in [-0.05, 0) is 54.8 Å². The first-order valence-electron chi connectivity index (χ1n) is 13.3. The average Bonchev–Trinajstić information content (AvgIpc) is 3.58. The molecule has 5 rings (SSSR count). The topological polar surface area (TPSA) is 87.3 Å². The van der Waals surface area contributed by atoms with Gasteiger partial charge in [-0.1, -0.05) is 49.4 Å². The molecule has 1 aliphatic heterocycles. The zero-order valence-electron chi connectivity index (χ0n) is 22.6. The smallest absolute Gasteiger partial charge is 0.261 e. The van der Waals surface area contributed by atoms with Gasteiger partial charge in [-0.3, -0.25) is 4.72 Å². The Morgan fingerprint density at radius 1 is 1.10 bits per heavy atom. The molecule has 0 bridgehead atoms. The van der Waals surface area contributed by atoms with Crippen LogP contribution in [0.1, 0.15) is 18.4 Å². The zero-order valence-corrected chi connectivity index (χ0v) is 25.2. The number of fused-ring (bicyclic) bond motifs is 1. The van der Waals surface area contributed by atoms with Gasteiger partial charge in [0.2, 0.25) is 0 Å². The number of aromatic amines is 1. The molecule has 10 heteroatoms. The fourth-order valence-electron chi connectivity index (χ4n) is 4.82. The maximum Gasteiger partial charge on any atom is 0.261 e. The van der Waals surface area contributed by atoms with E-state index in [1.807, 2.05) is 6.20 Å². The Balaban J connectivity index is 1.58. The Hall–Kier alpha value is -2.85. The van der Waals surface area contributed by atoms with Crippen molar-refractivity contribution < 1.29 is 13.2 Å². The Morgan fingerprint density at radius 2 is 1.87 bits per heavy atom. The zero-order chi connectivity index (χ0) is 27.6. The Bertz CT molecular complexity index is 1580. The van der Waals surface area contributed by atoms with Crippen molar-refractivity contribution in [1.29, 1.82) is 0 Å². The summed E-state index contributed by atoms with van der Waals surface area (Å²) in [5.74, 6) is 0. The minimum absolute atomic E-state index is 0.0960. The van der Waals surface area contributed by atoms with Crippen molar-refractivity contribution >= 4 is 52.1 Å². The molecule has 2 aromatic carbocycles. The molecule has 3 heterocycles. The van der Waals surface area contributed by atoms with Crippen molar-refractivity contribution in [2.75, 3.05) is 29.3 Å². The number of halogens is 1. The van der Waals surface area contributed by atoms with Crippen LogP contribution in [0.25, 0.3) is 22.2 Å². The first-order valence-corrected chi connectivity index (χ1v) is 18.9. The number of hydrogen-bond acceptors (Lipinski definition) is 5. The summed E-state index contributed by atoms with van der Waals surface area (Å²) in [6.45, 7) is 9.86. The van der Waals surface area contributed by atoms with Crippen molar-refractivity contribution in [3.63, 3.8) is 0 Å². The van der Waals surface area contributed by atoms with Gasteiger partial charge in [-0.2, -0.15) is 0 Å². The summed E-state index contributed by atoms with van der Waals surface area (Å²) in [4.78, 5) is 10.4. The van der Waals surface area contributed by atoms with Gasteiger partial charge in [-0.15, -0.1) is 0 Å². The third kappa shape index (κ3) is 6.49. The first-order chi connectivity index (χ1) is 18.6. The van der Waals surface area contributed by atoms with Crippen LogP contribution < -0.4 is 9.62 Å². The molecule has 206 valence electrons. The number of H-pyrrole nitrogens is 1. The summed E-state index contributed by atoms with van der Waals surface area (Å²) < 4.78 is 36.1. The summed E-state index contributed by atoms with van der Waals surface area (Å²) in [6.07, 6.45) is 5.97. The second-order valence-corrected chi connectivity index (χ2v) is 19.0. The van der Waals surface area contributed by atoms with Gasteiger partial charge in [0.15, 0.2) is 0 Å². The van der Waals surface area contributed by atoms with E-state index < -0.39 is 18.1 Å². The van der Waals surface area contributed by atoms with Gasteiger partial charge < -0.3 is 14.6 Å². The van der Waals surface area contributed by atoms with Gasteiger partial charge >= 0.3 is 0 Å². The Kier molecular flexibility index (Phi) is 8.05. The SMILES string of the molecule is C[Si](C)(C)CCOCc1cnc2[nH]cc(-c3cccc(N4CCCC4)c3)c2c1NS(=O)(=O)c1cccc(Cl)c1. The summed E-state index contributed by atoms with van der Waals surface area (Å²) in [6, 6.07) is 15.7. The van der Waals surface area contributed by atoms with E-state index in [2.05, 4.69) is 63.5 Å². The molecule has 1 aliphatic rings. The monoisotopic (exact) mass is 582 g/mol. The molecule has 0 saturated carbocycles. The predicted molar refractivity (Wildman–Crippen MR) is 163 cm³/mol. The maximum absolute atomic E-state index is 13.6. The van der Waals surface area contributed by atoms with Crippen LogP contribution in [0.2, 0.25) is 30.7 Å². The summed E-state index contributed by atoms with van der Waals surface area (Å²) in [5.41, 5.74) is 4.79. The molecule has 0 spiro atoms. The second-order valence-electron chi connectivity index (χ2n) is 11.3. The van der Waals surface area contributed by atoms with Gasteiger partial charge in [-0.25, -0.2) is 13.4 Å². The molecule has 2 N–H and O–H groups in total. The van der Waals surface area contributed by atoms with Crippen LogP contribution in [0.5, 0.6) is 0 Å². The lowest BCUT2D eigenvalue weighted by molar-refractivity contribution is 0.133. The molecule has 1 fully saturated rings. The molecule has 0 aliphatic carbocycles.